The van der Waals surface area contributed by atoms with Crippen molar-refractivity contribution in [2.24, 2.45) is 0 Å². The van der Waals surface area contributed by atoms with Crippen LogP contribution >= 0.6 is 0 Å². The van der Waals surface area contributed by atoms with Crippen molar-refractivity contribution in [3.8, 4) is 0 Å². The molecule has 76 valence electrons. The van der Waals surface area contributed by atoms with Crippen LogP contribution in [0.25, 0.3) is 0 Å². The second kappa shape index (κ2) is 2.83. The van der Waals surface area contributed by atoms with Gasteiger partial charge in [-0.1, -0.05) is 0 Å². The Balaban J connectivity index is 2.20. The molecule has 0 amide bonds. The quantitative estimate of drug-likeness (QED) is 0.586. The lowest BCUT2D eigenvalue weighted by atomic mass is 9.97. The molecule has 4 nitrogen and oxygen atoms in total. The highest BCUT2D eigenvalue weighted by molar-refractivity contribution is 6.00. The minimum absolute atomic E-state index is 0.104. The predicted molar refractivity (Wildman–Crippen MR) is 47.4 cm³/mol. The van der Waals surface area contributed by atoms with Crippen molar-refractivity contribution < 1.29 is 19.1 Å². The third-order valence-electron chi connectivity index (χ3n) is 2.73. The van der Waals surface area contributed by atoms with Crippen LogP contribution in [0.15, 0.2) is 11.3 Å². The van der Waals surface area contributed by atoms with Crippen molar-refractivity contribution in [1.29, 1.82) is 0 Å². The number of methoxy groups -OCH3 is 1. The first-order valence-corrected chi connectivity index (χ1v) is 4.59. The minimum atomic E-state index is -0.977. The fourth-order valence-corrected chi connectivity index (χ4v) is 1.97. The first-order chi connectivity index (χ1) is 6.57. The number of esters is 1. The Labute approximate surface area is 81.9 Å². The van der Waals surface area contributed by atoms with Crippen LogP contribution < -0.4 is 0 Å². The first-order valence-electron chi connectivity index (χ1n) is 4.59. The smallest absolute Gasteiger partial charge is 0.350 e. The van der Waals surface area contributed by atoms with E-state index in [1.807, 2.05) is 0 Å². The summed E-state index contributed by atoms with van der Waals surface area (Å²) in [4.78, 5) is 22.8. The predicted octanol–water partition coefficient (Wildman–Crippen LogP) is 0.955. The Bertz CT molecular complexity index is 342. The van der Waals surface area contributed by atoms with Crippen LogP contribution in [0.1, 0.15) is 26.2 Å². The van der Waals surface area contributed by atoms with Gasteiger partial charge in [-0.05, 0) is 6.92 Å². The van der Waals surface area contributed by atoms with E-state index < -0.39 is 11.6 Å². The van der Waals surface area contributed by atoms with Gasteiger partial charge in [0.05, 0.1) is 7.11 Å². The lowest BCUT2D eigenvalue weighted by Gasteiger charge is -2.22. The molecule has 0 bridgehead atoms. The number of ether oxygens (including phenoxy) is 2. The first kappa shape index (κ1) is 9.24. The number of hydrogen-bond donors (Lipinski definition) is 0. The van der Waals surface area contributed by atoms with Gasteiger partial charge in [0.15, 0.2) is 5.78 Å². The monoisotopic (exact) mass is 196 g/mol. The highest BCUT2D eigenvalue weighted by Crippen LogP contribution is 2.41. The molecule has 1 unspecified atom stereocenters. The third-order valence-corrected chi connectivity index (χ3v) is 2.73. The number of ketones is 1. The molecule has 1 aliphatic carbocycles. The topological polar surface area (TPSA) is 52.6 Å². The van der Waals surface area contributed by atoms with Crippen molar-refractivity contribution in [3.63, 3.8) is 0 Å². The van der Waals surface area contributed by atoms with Gasteiger partial charge in [-0.15, -0.1) is 0 Å². The molecule has 0 saturated carbocycles. The summed E-state index contributed by atoms with van der Waals surface area (Å²) in [7, 11) is 1.32. The molecular weight excluding hydrogens is 184 g/mol. The van der Waals surface area contributed by atoms with Crippen LogP contribution in [0.4, 0.5) is 0 Å². The molecule has 0 aromatic rings. The standard InChI is InChI=1S/C10H12O4/c1-10(9(12)13-2)5-6-7(11)3-4-8(6)14-10/h3-5H2,1-2H3. The fourth-order valence-electron chi connectivity index (χ4n) is 1.97. The molecular formula is C10H12O4. The summed E-state index contributed by atoms with van der Waals surface area (Å²) in [5.41, 5.74) is -0.298. The van der Waals surface area contributed by atoms with Crippen molar-refractivity contribution in [3.05, 3.63) is 11.3 Å². The van der Waals surface area contributed by atoms with Gasteiger partial charge in [0.2, 0.25) is 5.60 Å². The summed E-state index contributed by atoms with van der Waals surface area (Å²) >= 11 is 0. The SMILES string of the molecule is COC(=O)C1(C)CC2=C(CCC2=O)O1. The van der Waals surface area contributed by atoms with Crippen LogP contribution in [0.5, 0.6) is 0 Å². The Morgan fingerprint density at radius 2 is 2.21 bits per heavy atom. The van der Waals surface area contributed by atoms with Gasteiger partial charge < -0.3 is 9.47 Å². The lowest BCUT2D eigenvalue weighted by molar-refractivity contribution is -0.160. The van der Waals surface area contributed by atoms with E-state index >= 15 is 0 Å². The number of rotatable bonds is 1. The molecule has 0 spiro atoms. The summed E-state index contributed by atoms with van der Waals surface area (Å²) in [6.45, 7) is 1.66. The number of carbonyl (C=O) groups is 2. The number of hydrogen-bond acceptors (Lipinski definition) is 4. The van der Waals surface area contributed by atoms with E-state index in [9.17, 15) is 9.59 Å². The van der Waals surface area contributed by atoms with Gasteiger partial charge in [0.1, 0.15) is 5.76 Å². The van der Waals surface area contributed by atoms with Crippen molar-refractivity contribution in [2.75, 3.05) is 7.11 Å². The van der Waals surface area contributed by atoms with Gasteiger partial charge in [0, 0.05) is 24.8 Å². The van der Waals surface area contributed by atoms with E-state index in [4.69, 9.17) is 4.74 Å². The summed E-state index contributed by atoms with van der Waals surface area (Å²) < 4.78 is 10.1. The summed E-state index contributed by atoms with van der Waals surface area (Å²) in [6, 6.07) is 0. The van der Waals surface area contributed by atoms with Crippen molar-refractivity contribution in [1.82, 2.24) is 0 Å². The molecule has 14 heavy (non-hydrogen) atoms. The largest absolute Gasteiger partial charge is 0.479 e. The molecule has 2 aliphatic rings. The van der Waals surface area contributed by atoms with E-state index in [2.05, 4.69) is 4.74 Å². The second-order valence-corrected chi connectivity index (χ2v) is 3.83. The molecule has 0 N–H and O–H groups in total. The van der Waals surface area contributed by atoms with Crippen molar-refractivity contribution in [2.45, 2.75) is 31.8 Å². The van der Waals surface area contributed by atoms with Gasteiger partial charge in [-0.3, -0.25) is 4.79 Å². The zero-order valence-electron chi connectivity index (χ0n) is 8.25. The molecule has 0 saturated heterocycles. The number of allylic oxidation sites excluding steroid dienone is 1. The number of carbonyl (C=O) groups excluding carboxylic acids is 2. The molecule has 0 radical (unpaired) electrons. The molecule has 1 atom stereocenters. The molecule has 0 aromatic carbocycles. The third kappa shape index (κ3) is 1.14. The Kier molecular flexibility index (Phi) is 1.87. The average Bonchev–Trinajstić information content (AvgIpc) is 2.65. The van der Waals surface area contributed by atoms with Gasteiger partial charge in [0.25, 0.3) is 0 Å². The Morgan fingerprint density at radius 1 is 1.50 bits per heavy atom. The van der Waals surface area contributed by atoms with Crippen LogP contribution in [0, 0.1) is 0 Å². The molecule has 2 rings (SSSR count). The maximum absolute atomic E-state index is 11.4. The van der Waals surface area contributed by atoms with E-state index in [0.29, 0.717) is 30.6 Å². The lowest BCUT2D eigenvalue weighted by Crippen LogP contribution is -2.36. The Hall–Kier alpha value is -1.32. The molecule has 1 heterocycles. The van der Waals surface area contributed by atoms with Gasteiger partial charge >= 0.3 is 5.97 Å². The number of Topliss-reactive ketones (excluding diaryl/α,β-unsaturated/α-hetero) is 1. The van der Waals surface area contributed by atoms with Crippen LogP contribution in [-0.2, 0) is 19.1 Å². The minimum Gasteiger partial charge on any atom is -0.479 e. The van der Waals surface area contributed by atoms with Crippen molar-refractivity contribution >= 4 is 11.8 Å². The highest BCUT2D eigenvalue weighted by Gasteiger charge is 2.47. The van der Waals surface area contributed by atoms with E-state index in [1.54, 1.807) is 6.92 Å². The van der Waals surface area contributed by atoms with Gasteiger partial charge in [-0.2, -0.15) is 0 Å². The van der Waals surface area contributed by atoms with E-state index in [1.165, 1.54) is 7.11 Å². The van der Waals surface area contributed by atoms with E-state index in [-0.39, 0.29) is 5.78 Å². The zero-order chi connectivity index (χ0) is 10.3. The maximum Gasteiger partial charge on any atom is 0.350 e. The summed E-state index contributed by atoms with van der Waals surface area (Å²) in [6.07, 6.45) is 1.50. The second-order valence-electron chi connectivity index (χ2n) is 3.83. The molecule has 0 fully saturated rings. The average molecular weight is 196 g/mol. The van der Waals surface area contributed by atoms with Crippen LogP contribution in [0.3, 0.4) is 0 Å². The molecule has 1 aliphatic heterocycles. The van der Waals surface area contributed by atoms with Crippen LogP contribution in [0.2, 0.25) is 0 Å². The normalized spacial score (nSPS) is 30.3. The Morgan fingerprint density at radius 3 is 2.79 bits per heavy atom. The fraction of sp³-hybridized carbons (Fsp3) is 0.600. The maximum atomic E-state index is 11.4. The van der Waals surface area contributed by atoms with E-state index in [0.717, 1.165) is 0 Å². The highest BCUT2D eigenvalue weighted by atomic mass is 16.6. The molecule has 0 aromatic heterocycles. The van der Waals surface area contributed by atoms with Crippen LogP contribution in [-0.4, -0.2) is 24.5 Å². The molecule has 4 heteroatoms. The van der Waals surface area contributed by atoms with Gasteiger partial charge in [-0.25, -0.2) is 4.79 Å². The summed E-state index contributed by atoms with van der Waals surface area (Å²) in [5.74, 6) is 0.371. The summed E-state index contributed by atoms with van der Waals surface area (Å²) in [5, 5.41) is 0. The zero-order valence-corrected chi connectivity index (χ0v) is 8.25.